The number of rotatable bonds is 5. The van der Waals surface area contributed by atoms with E-state index in [0.717, 1.165) is 25.3 Å². The van der Waals surface area contributed by atoms with Crippen LogP contribution in [0, 0.1) is 0 Å². The first-order valence-corrected chi connectivity index (χ1v) is 8.45. The smallest absolute Gasteiger partial charge is 0.244 e. The first-order chi connectivity index (χ1) is 9.48. The average molecular weight is 300 g/mol. The van der Waals surface area contributed by atoms with Gasteiger partial charge in [-0.05, 0) is 19.7 Å². The second-order valence-corrected chi connectivity index (χ2v) is 7.08. The molecular weight excluding hydrogens is 276 g/mol. The second kappa shape index (κ2) is 6.26. The van der Waals surface area contributed by atoms with Crippen LogP contribution < -0.4 is 5.32 Å². The number of nitrogens with one attached hydrogen (secondary N) is 1. The molecule has 1 aromatic rings. The third kappa shape index (κ3) is 3.06. The predicted octanol–water partition coefficient (Wildman–Crippen LogP) is 0.0707. The summed E-state index contributed by atoms with van der Waals surface area (Å²) in [6.45, 7) is 6.52. The molecule has 2 rings (SSSR count). The Hall–Kier alpha value is -0.890. The van der Waals surface area contributed by atoms with Crippen LogP contribution in [0.15, 0.2) is 17.2 Å². The summed E-state index contributed by atoms with van der Waals surface area (Å²) in [7, 11) is 0.372. The number of nitrogens with zero attached hydrogens (tertiary/aromatic N) is 3. The van der Waals surface area contributed by atoms with Gasteiger partial charge in [0, 0.05) is 51.7 Å². The molecule has 0 bridgehead atoms. The molecular formula is C13H24N4O2S. The molecule has 1 aliphatic rings. The largest absolute Gasteiger partial charge is 0.352 e. The lowest BCUT2D eigenvalue weighted by Gasteiger charge is -2.32. The van der Waals surface area contributed by atoms with E-state index in [0.29, 0.717) is 24.5 Å². The standard InChI is InChI=1S/C13H24N4O2S/c1-4-16-5-7-17(8-6-16)20(18,19)13-9-12(10-14-2)15(3)11-13/h9,11,14H,4-8,10H2,1-3H3. The zero-order valence-electron chi connectivity index (χ0n) is 12.5. The Labute approximate surface area is 121 Å². The average Bonchev–Trinajstić information content (AvgIpc) is 2.81. The van der Waals surface area contributed by atoms with Crippen molar-refractivity contribution in [3.63, 3.8) is 0 Å². The van der Waals surface area contributed by atoms with Gasteiger partial charge in [-0.3, -0.25) is 0 Å². The van der Waals surface area contributed by atoms with Crippen LogP contribution in [0.3, 0.4) is 0 Å². The van der Waals surface area contributed by atoms with E-state index in [9.17, 15) is 8.42 Å². The minimum absolute atomic E-state index is 0.398. The molecule has 0 unspecified atom stereocenters. The minimum Gasteiger partial charge on any atom is -0.352 e. The maximum atomic E-state index is 12.6. The number of piperazine rings is 1. The van der Waals surface area contributed by atoms with E-state index in [1.54, 1.807) is 16.6 Å². The summed E-state index contributed by atoms with van der Waals surface area (Å²) in [5.41, 5.74) is 0.971. The number of sulfonamides is 1. The van der Waals surface area contributed by atoms with Gasteiger partial charge in [0.2, 0.25) is 10.0 Å². The van der Waals surface area contributed by atoms with Crippen molar-refractivity contribution in [2.75, 3.05) is 39.8 Å². The second-order valence-electron chi connectivity index (χ2n) is 5.15. The molecule has 2 heterocycles. The first kappa shape index (κ1) is 15.5. The summed E-state index contributed by atoms with van der Waals surface area (Å²) in [4.78, 5) is 2.67. The molecule has 20 heavy (non-hydrogen) atoms. The van der Waals surface area contributed by atoms with Gasteiger partial charge in [0.05, 0.1) is 0 Å². The zero-order chi connectivity index (χ0) is 14.8. The molecule has 0 spiro atoms. The lowest BCUT2D eigenvalue weighted by Crippen LogP contribution is -2.48. The van der Waals surface area contributed by atoms with Crippen molar-refractivity contribution in [2.45, 2.75) is 18.4 Å². The van der Waals surface area contributed by atoms with Crippen molar-refractivity contribution in [1.82, 2.24) is 19.1 Å². The van der Waals surface area contributed by atoms with Gasteiger partial charge in [-0.2, -0.15) is 4.31 Å². The number of aromatic nitrogens is 1. The van der Waals surface area contributed by atoms with E-state index >= 15 is 0 Å². The van der Waals surface area contributed by atoms with E-state index in [-0.39, 0.29) is 0 Å². The lowest BCUT2D eigenvalue weighted by atomic mass is 10.4. The van der Waals surface area contributed by atoms with Crippen LogP contribution in [0.1, 0.15) is 12.6 Å². The number of aryl methyl sites for hydroxylation is 1. The highest BCUT2D eigenvalue weighted by atomic mass is 32.2. The zero-order valence-corrected chi connectivity index (χ0v) is 13.3. The Balaban J connectivity index is 2.16. The fraction of sp³-hybridized carbons (Fsp3) is 0.692. The van der Waals surface area contributed by atoms with Crippen LogP contribution in [0.2, 0.25) is 0 Å². The third-order valence-corrected chi connectivity index (χ3v) is 5.72. The SMILES string of the molecule is CCN1CCN(S(=O)(=O)c2cc(CNC)n(C)c2)CC1. The number of hydrogen-bond donors (Lipinski definition) is 1. The van der Waals surface area contributed by atoms with Crippen LogP contribution >= 0.6 is 0 Å². The van der Waals surface area contributed by atoms with Crippen molar-refractivity contribution in [1.29, 1.82) is 0 Å². The summed E-state index contributed by atoms with van der Waals surface area (Å²) in [6, 6.07) is 1.76. The monoisotopic (exact) mass is 300 g/mol. The van der Waals surface area contributed by atoms with Crippen LogP contribution in [-0.2, 0) is 23.6 Å². The van der Waals surface area contributed by atoms with Gasteiger partial charge in [0.25, 0.3) is 0 Å². The molecule has 0 aliphatic carbocycles. The Morgan fingerprint density at radius 3 is 2.45 bits per heavy atom. The van der Waals surface area contributed by atoms with Crippen molar-refractivity contribution in [2.24, 2.45) is 7.05 Å². The molecule has 0 saturated carbocycles. The van der Waals surface area contributed by atoms with Crippen LogP contribution in [0.4, 0.5) is 0 Å². The number of likely N-dealkylation sites (N-methyl/N-ethyl adjacent to an activating group) is 1. The van der Waals surface area contributed by atoms with Gasteiger partial charge in [-0.25, -0.2) is 8.42 Å². The molecule has 1 saturated heterocycles. The van der Waals surface area contributed by atoms with Gasteiger partial charge in [0.15, 0.2) is 0 Å². The molecule has 7 heteroatoms. The van der Waals surface area contributed by atoms with E-state index < -0.39 is 10.0 Å². The maximum absolute atomic E-state index is 12.6. The molecule has 114 valence electrons. The van der Waals surface area contributed by atoms with Crippen molar-refractivity contribution < 1.29 is 8.42 Å². The van der Waals surface area contributed by atoms with Crippen molar-refractivity contribution >= 4 is 10.0 Å². The van der Waals surface area contributed by atoms with E-state index in [4.69, 9.17) is 0 Å². The van der Waals surface area contributed by atoms with E-state index in [1.807, 2.05) is 18.7 Å². The van der Waals surface area contributed by atoms with Gasteiger partial charge in [-0.15, -0.1) is 0 Å². The first-order valence-electron chi connectivity index (χ1n) is 7.01. The summed E-state index contributed by atoms with van der Waals surface area (Å²) in [6.07, 6.45) is 1.70. The van der Waals surface area contributed by atoms with Gasteiger partial charge < -0.3 is 14.8 Å². The van der Waals surface area contributed by atoms with Gasteiger partial charge in [0.1, 0.15) is 4.90 Å². The van der Waals surface area contributed by atoms with Crippen LogP contribution in [0.25, 0.3) is 0 Å². The van der Waals surface area contributed by atoms with E-state index in [1.165, 1.54) is 0 Å². The molecule has 0 amide bonds. The molecule has 1 N–H and O–H groups in total. The predicted molar refractivity (Wildman–Crippen MR) is 79.0 cm³/mol. The molecule has 0 radical (unpaired) electrons. The highest BCUT2D eigenvalue weighted by molar-refractivity contribution is 7.89. The molecule has 1 fully saturated rings. The number of hydrogen-bond acceptors (Lipinski definition) is 4. The molecule has 0 atom stereocenters. The van der Waals surface area contributed by atoms with Crippen LogP contribution in [0.5, 0.6) is 0 Å². The molecule has 0 aromatic carbocycles. The highest BCUT2D eigenvalue weighted by Gasteiger charge is 2.29. The normalized spacial score (nSPS) is 18.6. The van der Waals surface area contributed by atoms with E-state index in [2.05, 4.69) is 17.1 Å². The summed E-state index contributed by atoms with van der Waals surface area (Å²) in [5.74, 6) is 0. The van der Waals surface area contributed by atoms with Gasteiger partial charge >= 0.3 is 0 Å². The van der Waals surface area contributed by atoms with Crippen molar-refractivity contribution in [3.05, 3.63) is 18.0 Å². The fourth-order valence-electron chi connectivity index (χ4n) is 2.51. The molecule has 6 nitrogen and oxygen atoms in total. The summed E-state index contributed by atoms with van der Waals surface area (Å²) >= 11 is 0. The van der Waals surface area contributed by atoms with Gasteiger partial charge in [-0.1, -0.05) is 6.92 Å². The topological polar surface area (TPSA) is 57.6 Å². The Kier molecular flexibility index (Phi) is 4.85. The molecule has 1 aromatic heterocycles. The van der Waals surface area contributed by atoms with Crippen LogP contribution in [-0.4, -0.2) is 62.0 Å². The Morgan fingerprint density at radius 1 is 1.25 bits per heavy atom. The Morgan fingerprint density at radius 2 is 1.90 bits per heavy atom. The third-order valence-electron chi connectivity index (χ3n) is 3.86. The lowest BCUT2D eigenvalue weighted by molar-refractivity contribution is 0.196. The molecule has 1 aliphatic heterocycles. The summed E-state index contributed by atoms with van der Waals surface area (Å²) in [5, 5.41) is 3.05. The Bertz CT molecular complexity index is 545. The highest BCUT2D eigenvalue weighted by Crippen LogP contribution is 2.20. The fourth-order valence-corrected chi connectivity index (χ4v) is 4.03. The van der Waals surface area contributed by atoms with Crippen molar-refractivity contribution in [3.8, 4) is 0 Å². The summed E-state index contributed by atoms with van der Waals surface area (Å²) < 4.78 is 28.7. The quantitative estimate of drug-likeness (QED) is 0.836. The minimum atomic E-state index is -3.36. The maximum Gasteiger partial charge on any atom is 0.244 e.